The zero-order chi connectivity index (χ0) is 9.10. The molecule has 0 spiro atoms. The smallest absolute Gasteiger partial charge is 0.449 e. The summed E-state index contributed by atoms with van der Waals surface area (Å²) in [5.74, 6) is 0. The van der Waals surface area contributed by atoms with E-state index in [1.165, 1.54) is 5.56 Å². The van der Waals surface area contributed by atoms with Crippen molar-refractivity contribution in [3.8, 4) is 0 Å². The Kier molecular flexibility index (Phi) is 4.47. The summed E-state index contributed by atoms with van der Waals surface area (Å²) < 4.78 is 2.74. The summed E-state index contributed by atoms with van der Waals surface area (Å²) in [4.78, 5) is 3.97. The van der Waals surface area contributed by atoms with Gasteiger partial charge in [-0.15, -0.1) is 22.1 Å². The van der Waals surface area contributed by atoms with E-state index in [0.29, 0.717) is 0 Å². The van der Waals surface area contributed by atoms with Gasteiger partial charge in [0.15, 0.2) is 0 Å². The Hall–Kier alpha value is -0.493. The van der Waals surface area contributed by atoms with Crippen LogP contribution in [0, 0.1) is 6.33 Å². The van der Waals surface area contributed by atoms with Crippen molar-refractivity contribution in [3.63, 3.8) is 0 Å². The minimum absolute atomic E-state index is 0. The number of benzene rings is 1. The molecule has 2 rings (SSSR count). The standard InChI is InChI=1S/C10H8BrN2.Li/c11-10-7-13(8-12-10)6-9-4-2-1-3-5-9;/h1-5,7H,6H2;/q-1;+1. The molecule has 2 nitrogen and oxygen atoms in total. The van der Waals surface area contributed by atoms with E-state index in [9.17, 15) is 0 Å². The predicted octanol–water partition coefficient (Wildman–Crippen LogP) is -0.502. The molecule has 14 heavy (non-hydrogen) atoms. The van der Waals surface area contributed by atoms with Gasteiger partial charge in [-0.2, -0.15) is 0 Å². The predicted molar refractivity (Wildman–Crippen MR) is 54.3 cm³/mol. The molecule has 0 atom stereocenters. The molecule has 0 bridgehead atoms. The number of hydrogen-bond acceptors (Lipinski definition) is 1. The van der Waals surface area contributed by atoms with Crippen molar-refractivity contribution in [2.45, 2.75) is 6.54 Å². The van der Waals surface area contributed by atoms with Crippen LogP contribution in [-0.4, -0.2) is 9.55 Å². The van der Waals surface area contributed by atoms with Crippen LogP contribution in [0.2, 0.25) is 0 Å². The van der Waals surface area contributed by atoms with Gasteiger partial charge in [0.1, 0.15) is 0 Å². The summed E-state index contributed by atoms with van der Waals surface area (Å²) in [6.07, 6.45) is 4.78. The Bertz CT molecular complexity index is 386. The fourth-order valence-electron chi connectivity index (χ4n) is 1.16. The molecule has 0 saturated carbocycles. The first-order chi connectivity index (χ1) is 6.34. The molecule has 0 fully saturated rings. The van der Waals surface area contributed by atoms with Crippen LogP contribution in [0.25, 0.3) is 0 Å². The second-order valence-corrected chi connectivity index (χ2v) is 3.59. The van der Waals surface area contributed by atoms with Gasteiger partial charge in [0, 0.05) is 12.9 Å². The van der Waals surface area contributed by atoms with E-state index in [0.717, 1.165) is 11.1 Å². The molecule has 0 aliphatic heterocycles. The number of rotatable bonds is 2. The van der Waals surface area contributed by atoms with Gasteiger partial charge in [-0.25, -0.2) is 0 Å². The Labute approximate surface area is 104 Å². The molecule has 0 saturated heterocycles. The number of halogens is 1. The largest absolute Gasteiger partial charge is 1.00 e. The maximum atomic E-state index is 3.97. The molecule has 0 aliphatic carbocycles. The second kappa shape index (κ2) is 5.40. The summed E-state index contributed by atoms with van der Waals surface area (Å²) in [7, 11) is 0. The van der Waals surface area contributed by atoms with Crippen molar-refractivity contribution in [3.05, 3.63) is 53.0 Å². The zero-order valence-corrected chi connectivity index (χ0v) is 9.53. The molecule has 1 aromatic heterocycles. The van der Waals surface area contributed by atoms with Crippen LogP contribution in [-0.2, 0) is 6.54 Å². The third-order valence-corrected chi connectivity index (χ3v) is 2.13. The maximum Gasteiger partial charge on any atom is 1.00 e. The normalized spacial score (nSPS) is 9.50. The topological polar surface area (TPSA) is 17.8 Å². The van der Waals surface area contributed by atoms with Gasteiger partial charge in [-0.1, -0.05) is 30.3 Å². The molecule has 1 heterocycles. The van der Waals surface area contributed by atoms with Gasteiger partial charge in [0.05, 0.1) is 0 Å². The maximum absolute atomic E-state index is 3.97. The van der Waals surface area contributed by atoms with Crippen LogP contribution in [0.3, 0.4) is 0 Å². The Morgan fingerprint density at radius 3 is 2.57 bits per heavy atom. The molecule has 0 radical (unpaired) electrons. The van der Waals surface area contributed by atoms with E-state index < -0.39 is 0 Å². The Balaban J connectivity index is 0.000000980. The fraction of sp³-hybridized carbons (Fsp3) is 0.100. The van der Waals surface area contributed by atoms with E-state index in [1.54, 1.807) is 0 Å². The monoisotopic (exact) mass is 242 g/mol. The van der Waals surface area contributed by atoms with Crippen LogP contribution in [0.1, 0.15) is 5.56 Å². The van der Waals surface area contributed by atoms with Crippen molar-refractivity contribution >= 4 is 15.9 Å². The van der Waals surface area contributed by atoms with E-state index in [4.69, 9.17) is 0 Å². The summed E-state index contributed by atoms with van der Waals surface area (Å²) in [6.45, 7) is 0.819. The second-order valence-electron chi connectivity index (χ2n) is 2.78. The number of nitrogens with zero attached hydrogens (tertiary/aromatic N) is 2. The Morgan fingerprint density at radius 2 is 2.00 bits per heavy atom. The van der Waals surface area contributed by atoms with Crippen molar-refractivity contribution < 1.29 is 18.9 Å². The first kappa shape index (κ1) is 11.6. The summed E-state index contributed by atoms with van der Waals surface area (Å²) in [5.41, 5.74) is 1.25. The Morgan fingerprint density at radius 1 is 1.29 bits per heavy atom. The van der Waals surface area contributed by atoms with Crippen LogP contribution in [0.15, 0.2) is 41.1 Å². The van der Waals surface area contributed by atoms with E-state index in [1.807, 2.05) is 29.0 Å². The molecule has 0 N–H and O–H groups in total. The summed E-state index contributed by atoms with van der Waals surface area (Å²) in [5, 5.41) is 0. The van der Waals surface area contributed by atoms with Gasteiger partial charge < -0.3 is 9.55 Å². The molecular weight excluding hydrogens is 235 g/mol. The molecule has 1 aromatic carbocycles. The molecule has 4 heteroatoms. The average molecular weight is 243 g/mol. The van der Waals surface area contributed by atoms with Gasteiger partial charge in [0.2, 0.25) is 0 Å². The summed E-state index contributed by atoms with van der Waals surface area (Å²) >= 11 is 3.28. The minimum Gasteiger partial charge on any atom is -0.449 e. The van der Waals surface area contributed by atoms with Gasteiger partial charge in [-0.05, 0) is 10.2 Å². The van der Waals surface area contributed by atoms with Crippen molar-refractivity contribution in [2.24, 2.45) is 0 Å². The number of imidazole rings is 1. The zero-order valence-electron chi connectivity index (χ0n) is 7.94. The third-order valence-electron chi connectivity index (χ3n) is 1.74. The van der Waals surface area contributed by atoms with E-state index >= 15 is 0 Å². The number of aromatic nitrogens is 2. The average Bonchev–Trinajstić information content (AvgIpc) is 2.53. The van der Waals surface area contributed by atoms with E-state index in [-0.39, 0.29) is 18.9 Å². The van der Waals surface area contributed by atoms with Gasteiger partial charge in [-0.3, -0.25) is 0 Å². The van der Waals surface area contributed by atoms with Crippen molar-refractivity contribution in [1.29, 1.82) is 0 Å². The molecule has 2 aromatic rings. The van der Waals surface area contributed by atoms with Crippen LogP contribution in [0.4, 0.5) is 0 Å². The molecule has 0 amide bonds. The van der Waals surface area contributed by atoms with Crippen molar-refractivity contribution in [2.75, 3.05) is 0 Å². The fourth-order valence-corrected chi connectivity index (χ4v) is 1.49. The van der Waals surface area contributed by atoms with Crippen LogP contribution in [0.5, 0.6) is 0 Å². The van der Waals surface area contributed by atoms with Crippen LogP contribution >= 0.6 is 15.9 Å². The quantitative estimate of drug-likeness (QED) is 0.513. The molecule has 0 unspecified atom stereocenters. The summed E-state index contributed by atoms with van der Waals surface area (Å²) in [6, 6.07) is 10.2. The number of hydrogen-bond donors (Lipinski definition) is 0. The van der Waals surface area contributed by atoms with E-state index in [2.05, 4.69) is 39.4 Å². The first-order valence-electron chi connectivity index (χ1n) is 3.99. The molecular formula is C10H8BrLiN2. The first-order valence-corrected chi connectivity index (χ1v) is 4.78. The molecule has 66 valence electrons. The van der Waals surface area contributed by atoms with Gasteiger partial charge in [0.25, 0.3) is 0 Å². The SMILES string of the molecule is Brc1cn(Cc2ccccc2)[c-]n1.[Li+]. The van der Waals surface area contributed by atoms with Crippen molar-refractivity contribution in [1.82, 2.24) is 9.55 Å². The molecule has 0 aliphatic rings. The minimum atomic E-state index is 0. The van der Waals surface area contributed by atoms with Gasteiger partial charge >= 0.3 is 18.9 Å². The van der Waals surface area contributed by atoms with Crippen LogP contribution < -0.4 is 18.9 Å². The third kappa shape index (κ3) is 3.02.